The van der Waals surface area contributed by atoms with Crippen LogP contribution in [-0.4, -0.2) is 21.7 Å². The Morgan fingerprint density at radius 1 is 0.968 bits per heavy atom. The minimum atomic E-state index is -0.171. The number of rotatable bonds is 7. The highest BCUT2D eigenvalue weighted by Crippen LogP contribution is 2.25. The van der Waals surface area contributed by atoms with Crippen molar-refractivity contribution in [2.24, 2.45) is 0 Å². The Kier molecular flexibility index (Phi) is 6.48. The number of halogens is 1. The lowest BCUT2D eigenvalue weighted by Crippen LogP contribution is -2.34. The minimum absolute atomic E-state index is 0.0162. The van der Waals surface area contributed by atoms with Crippen LogP contribution < -0.4 is 5.32 Å². The Balaban J connectivity index is 1.59. The summed E-state index contributed by atoms with van der Waals surface area (Å²) in [4.78, 5) is 13.2. The number of aryl methyl sites for hydroxylation is 1. The maximum atomic E-state index is 13.2. The number of para-hydroxylation sites is 1. The fraction of sp³-hybridized carbons (Fsp3) is 0.154. The van der Waals surface area contributed by atoms with Crippen LogP contribution >= 0.6 is 11.6 Å². The van der Waals surface area contributed by atoms with Crippen molar-refractivity contribution >= 4 is 17.5 Å². The number of carbonyl (C=O) groups excluding carboxylic acids is 1. The molecule has 31 heavy (non-hydrogen) atoms. The van der Waals surface area contributed by atoms with Crippen molar-refractivity contribution in [2.75, 3.05) is 0 Å². The van der Waals surface area contributed by atoms with Gasteiger partial charge in [0.25, 0.3) is 5.91 Å². The monoisotopic (exact) mass is 429 g/mol. The smallest absolute Gasteiger partial charge is 0.270 e. The number of aromatic nitrogens is 2. The van der Waals surface area contributed by atoms with Crippen molar-refractivity contribution in [3.8, 4) is 16.9 Å². The van der Waals surface area contributed by atoms with Gasteiger partial charge in [0, 0.05) is 11.6 Å². The molecule has 3 aromatic carbocycles. The molecule has 0 saturated carbocycles. The highest BCUT2D eigenvalue weighted by Gasteiger charge is 2.20. The second-order valence-electron chi connectivity index (χ2n) is 7.54. The molecule has 1 heterocycles. The van der Waals surface area contributed by atoms with E-state index in [1.807, 2.05) is 79.7 Å². The van der Waals surface area contributed by atoms with Crippen LogP contribution in [0.25, 0.3) is 16.9 Å². The number of benzene rings is 3. The molecule has 0 fully saturated rings. The van der Waals surface area contributed by atoms with E-state index in [-0.39, 0.29) is 11.9 Å². The minimum Gasteiger partial charge on any atom is -0.348 e. The summed E-state index contributed by atoms with van der Waals surface area (Å²) < 4.78 is 1.63. The van der Waals surface area contributed by atoms with Gasteiger partial charge in [0.05, 0.1) is 16.4 Å². The molecule has 5 heteroatoms. The Morgan fingerprint density at radius 3 is 2.32 bits per heavy atom. The normalized spacial score (nSPS) is 11.8. The SMILES string of the molecule is CC(CCc1ccccc1)NC(=O)c1cc(-c2ccccc2)nn1-c1ccccc1Cl. The van der Waals surface area contributed by atoms with E-state index in [9.17, 15) is 4.79 Å². The fourth-order valence-electron chi connectivity index (χ4n) is 3.50. The Labute approximate surface area is 187 Å². The van der Waals surface area contributed by atoms with Crippen LogP contribution in [0.15, 0.2) is 91.0 Å². The topological polar surface area (TPSA) is 46.9 Å². The van der Waals surface area contributed by atoms with Gasteiger partial charge in [-0.3, -0.25) is 4.79 Å². The van der Waals surface area contributed by atoms with Crippen molar-refractivity contribution in [1.29, 1.82) is 0 Å². The molecule has 0 aliphatic heterocycles. The lowest BCUT2D eigenvalue weighted by atomic mass is 10.1. The second-order valence-corrected chi connectivity index (χ2v) is 7.95. The lowest BCUT2D eigenvalue weighted by Gasteiger charge is -2.15. The molecular formula is C26H24ClN3O. The van der Waals surface area contributed by atoms with Gasteiger partial charge in [-0.1, -0.05) is 84.4 Å². The van der Waals surface area contributed by atoms with E-state index < -0.39 is 0 Å². The number of carbonyl (C=O) groups is 1. The zero-order chi connectivity index (χ0) is 21.6. The van der Waals surface area contributed by atoms with E-state index in [0.29, 0.717) is 16.4 Å². The van der Waals surface area contributed by atoms with E-state index in [1.54, 1.807) is 10.7 Å². The van der Waals surface area contributed by atoms with Gasteiger partial charge in [0.1, 0.15) is 5.69 Å². The molecule has 1 aromatic heterocycles. The first-order valence-electron chi connectivity index (χ1n) is 10.4. The highest BCUT2D eigenvalue weighted by molar-refractivity contribution is 6.32. The summed E-state index contributed by atoms with van der Waals surface area (Å²) in [5.41, 5.74) is 4.06. The quantitative estimate of drug-likeness (QED) is 0.395. The summed E-state index contributed by atoms with van der Waals surface area (Å²) in [6.07, 6.45) is 1.75. The molecule has 0 bridgehead atoms. The van der Waals surface area contributed by atoms with Crippen molar-refractivity contribution in [3.63, 3.8) is 0 Å². The van der Waals surface area contributed by atoms with Crippen molar-refractivity contribution in [3.05, 3.63) is 107 Å². The molecule has 1 N–H and O–H groups in total. The maximum Gasteiger partial charge on any atom is 0.270 e. The third-order valence-corrected chi connectivity index (χ3v) is 5.50. The average molecular weight is 430 g/mol. The van der Waals surface area contributed by atoms with Gasteiger partial charge in [0.2, 0.25) is 0 Å². The summed E-state index contributed by atoms with van der Waals surface area (Å²) in [6.45, 7) is 2.02. The van der Waals surface area contributed by atoms with Crippen molar-refractivity contribution in [2.45, 2.75) is 25.8 Å². The molecule has 0 saturated heterocycles. The molecule has 4 rings (SSSR count). The first-order chi connectivity index (χ1) is 15.1. The molecule has 0 aliphatic carbocycles. The van der Waals surface area contributed by atoms with Crippen LogP contribution in [0.3, 0.4) is 0 Å². The predicted octanol–water partition coefficient (Wildman–Crippen LogP) is 5.94. The molecular weight excluding hydrogens is 406 g/mol. The van der Waals surface area contributed by atoms with E-state index >= 15 is 0 Å². The summed E-state index contributed by atoms with van der Waals surface area (Å²) in [7, 11) is 0. The molecule has 1 amide bonds. The molecule has 0 spiro atoms. The van der Waals surface area contributed by atoms with Gasteiger partial charge in [-0.05, 0) is 43.5 Å². The highest BCUT2D eigenvalue weighted by atomic mass is 35.5. The van der Waals surface area contributed by atoms with Gasteiger partial charge >= 0.3 is 0 Å². The first-order valence-corrected chi connectivity index (χ1v) is 10.7. The van der Waals surface area contributed by atoms with E-state index in [2.05, 4.69) is 17.4 Å². The number of amides is 1. The van der Waals surface area contributed by atoms with E-state index in [4.69, 9.17) is 16.7 Å². The predicted molar refractivity (Wildman–Crippen MR) is 126 cm³/mol. The van der Waals surface area contributed by atoms with Crippen LogP contribution in [0.5, 0.6) is 0 Å². The lowest BCUT2D eigenvalue weighted by molar-refractivity contribution is 0.0930. The molecule has 1 unspecified atom stereocenters. The zero-order valence-corrected chi connectivity index (χ0v) is 18.1. The molecule has 4 aromatic rings. The summed E-state index contributed by atoms with van der Waals surface area (Å²) in [6, 6.07) is 29.3. The third kappa shape index (κ3) is 5.04. The number of hydrogen-bond acceptors (Lipinski definition) is 2. The van der Waals surface area contributed by atoms with Gasteiger partial charge < -0.3 is 5.32 Å². The van der Waals surface area contributed by atoms with Crippen LogP contribution in [0.4, 0.5) is 0 Å². The number of nitrogens with zero attached hydrogens (tertiary/aromatic N) is 2. The Bertz CT molecular complexity index is 1160. The Morgan fingerprint density at radius 2 is 1.61 bits per heavy atom. The zero-order valence-electron chi connectivity index (χ0n) is 17.3. The average Bonchev–Trinajstić information content (AvgIpc) is 3.25. The standard InChI is InChI=1S/C26H24ClN3O/c1-19(16-17-20-10-4-2-5-11-20)28-26(31)25-18-23(21-12-6-3-7-13-21)29-30(25)24-15-9-8-14-22(24)27/h2-15,18-19H,16-17H2,1H3,(H,28,31). The Hall–Kier alpha value is -3.37. The van der Waals surface area contributed by atoms with Gasteiger partial charge in [-0.15, -0.1) is 0 Å². The van der Waals surface area contributed by atoms with Crippen molar-refractivity contribution < 1.29 is 4.79 Å². The first kappa shape index (κ1) is 20.9. The van der Waals surface area contributed by atoms with Gasteiger partial charge in [-0.2, -0.15) is 5.10 Å². The van der Waals surface area contributed by atoms with Crippen LogP contribution in [0, 0.1) is 0 Å². The van der Waals surface area contributed by atoms with Gasteiger partial charge in [0.15, 0.2) is 0 Å². The molecule has 4 nitrogen and oxygen atoms in total. The summed E-state index contributed by atoms with van der Waals surface area (Å²) in [5, 5.41) is 8.36. The van der Waals surface area contributed by atoms with Crippen LogP contribution in [0.2, 0.25) is 5.02 Å². The molecule has 0 radical (unpaired) electrons. The van der Waals surface area contributed by atoms with Gasteiger partial charge in [-0.25, -0.2) is 4.68 Å². The number of hydrogen-bond donors (Lipinski definition) is 1. The summed E-state index contributed by atoms with van der Waals surface area (Å²) in [5.74, 6) is -0.171. The summed E-state index contributed by atoms with van der Waals surface area (Å²) >= 11 is 6.42. The van der Waals surface area contributed by atoms with E-state index in [0.717, 1.165) is 24.1 Å². The maximum absolute atomic E-state index is 13.2. The van der Waals surface area contributed by atoms with Crippen LogP contribution in [0.1, 0.15) is 29.4 Å². The van der Waals surface area contributed by atoms with Crippen LogP contribution in [-0.2, 0) is 6.42 Å². The number of nitrogens with one attached hydrogen (secondary N) is 1. The molecule has 0 aliphatic rings. The molecule has 1 atom stereocenters. The van der Waals surface area contributed by atoms with E-state index in [1.165, 1.54) is 5.56 Å². The molecule has 156 valence electrons. The largest absolute Gasteiger partial charge is 0.348 e. The fourth-order valence-corrected chi connectivity index (χ4v) is 3.71. The second kappa shape index (κ2) is 9.63. The third-order valence-electron chi connectivity index (χ3n) is 5.18. The van der Waals surface area contributed by atoms with Crippen molar-refractivity contribution in [1.82, 2.24) is 15.1 Å².